The lowest BCUT2D eigenvalue weighted by Gasteiger charge is -2.05. The van der Waals surface area contributed by atoms with Gasteiger partial charge in [-0.15, -0.1) is 0 Å². The minimum absolute atomic E-state index is 0.227. The van der Waals surface area contributed by atoms with E-state index in [2.05, 4.69) is 13.8 Å². The second-order valence-electron chi connectivity index (χ2n) is 3.92. The van der Waals surface area contributed by atoms with Crippen molar-refractivity contribution in [2.24, 2.45) is 0 Å². The van der Waals surface area contributed by atoms with E-state index in [-0.39, 0.29) is 6.10 Å². The van der Waals surface area contributed by atoms with E-state index >= 15 is 0 Å². The Hall–Kier alpha value is -0.0800. The van der Waals surface area contributed by atoms with Gasteiger partial charge in [-0.3, -0.25) is 0 Å². The Labute approximate surface area is 96.4 Å². The Balaban J connectivity index is 0. The third kappa shape index (κ3) is 20.1. The van der Waals surface area contributed by atoms with E-state index < -0.39 is 0 Å². The molecule has 0 radical (unpaired) electrons. The van der Waals surface area contributed by atoms with Gasteiger partial charge >= 0.3 is 0 Å². The molecule has 15 heavy (non-hydrogen) atoms. The summed E-state index contributed by atoms with van der Waals surface area (Å²) in [7, 11) is 3.33. The van der Waals surface area contributed by atoms with Crippen LogP contribution >= 0.6 is 0 Å². The maximum absolute atomic E-state index is 4.87. The van der Waals surface area contributed by atoms with Gasteiger partial charge in [-0.2, -0.15) is 0 Å². The molecule has 0 rings (SSSR count). The summed E-state index contributed by atoms with van der Waals surface area (Å²) in [6.45, 7) is 7.15. The highest BCUT2D eigenvalue weighted by molar-refractivity contribution is 4.41. The number of unbranched alkanes of at least 4 members (excludes halogenated alkanes) is 5. The van der Waals surface area contributed by atoms with Gasteiger partial charge in [0.25, 0.3) is 0 Å². The van der Waals surface area contributed by atoms with Gasteiger partial charge in [-0.05, 0) is 6.92 Å². The van der Waals surface area contributed by atoms with Gasteiger partial charge in [-0.1, -0.05) is 52.4 Å². The first-order chi connectivity index (χ1) is 7.22. The molecule has 1 atom stereocenters. The summed E-state index contributed by atoms with van der Waals surface area (Å²) < 4.78 is 9.64. The van der Waals surface area contributed by atoms with Crippen LogP contribution in [0.2, 0.25) is 0 Å². The third-order valence-electron chi connectivity index (χ3n) is 2.26. The van der Waals surface area contributed by atoms with Crippen molar-refractivity contribution in [1.82, 2.24) is 0 Å². The lowest BCUT2D eigenvalue weighted by atomic mass is 10.1. The van der Waals surface area contributed by atoms with Crippen molar-refractivity contribution in [3.05, 3.63) is 0 Å². The fraction of sp³-hybridized carbons (Fsp3) is 1.00. The topological polar surface area (TPSA) is 18.5 Å². The van der Waals surface area contributed by atoms with E-state index in [4.69, 9.17) is 9.47 Å². The average molecular weight is 218 g/mol. The molecule has 0 heterocycles. The van der Waals surface area contributed by atoms with Gasteiger partial charge in [0, 0.05) is 14.2 Å². The summed E-state index contributed by atoms with van der Waals surface area (Å²) in [6, 6.07) is 0. The summed E-state index contributed by atoms with van der Waals surface area (Å²) in [6.07, 6.45) is 8.72. The number of hydrogen-bond donors (Lipinski definition) is 0. The molecule has 0 spiro atoms. The van der Waals surface area contributed by atoms with Crippen molar-refractivity contribution in [3.63, 3.8) is 0 Å². The van der Waals surface area contributed by atoms with Crippen molar-refractivity contribution < 1.29 is 9.47 Å². The first kappa shape index (κ1) is 17.3. The van der Waals surface area contributed by atoms with Crippen LogP contribution in [0, 0.1) is 0 Å². The average Bonchev–Trinajstić information content (AvgIpc) is 2.26. The fourth-order valence-corrected chi connectivity index (χ4v) is 1.16. The third-order valence-corrected chi connectivity index (χ3v) is 2.26. The second kappa shape index (κ2) is 16.4. The van der Waals surface area contributed by atoms with E-state index in [1.165, 1.54) is 38.5 Å². The number of hydrogen-bond acceptors (Lipinski definition) is 2. The molecular formula is C13H30O2. The second-order valence-corrected chi connectivity index (χ2v) is 3.92. The van der Waals surface area contributed by atoms with Crippen LogP contribution in [0.1, 0.15) is 59.3 Å². The lowest BCUT2D eigenvalue weighted by Crippen LogP contribution is -2.11. The first-order valence-corrected chi connectivity index (χ1v) is 6.24. The predicted molar refractivity (Wildman–Crippen MR) is 67.4 cm³/mol. The van der Waals surface area contributed by atoms with Gasteiger partial charge in [0.05, 0.1) is 12.7 Å². The molecule has 0 fully saturated rings. The van der Waals surface area contributed by atoms with Crippen molar-refractivity contribution >= 4 is 0 Å². The molecule has 1 unspecified atom stereocenters. The van der Waals surface area contributed by atoms with Crippen LogP contribution in [-0.2, 0) is 9.47 Å². The molecule has 2 heteroatoms. The van der Waals surface area contributed by atoms with Gasteiger partial charge < -0.3 is 9.47 Å². The fourth-order valence-electron chi connectivity index (χ4n) is 1.16. The van der Waals surface area contributed by atoms with Crippen molar-refractivity contribution in [2.45, 2.75) is 65.4 Å². The highest BCUT2D eigenvalue weighted by Gasteiger charge is 1.93. The van der Waals surface area contributed by atoms with Crippen LogP contribution in [0.3, 0.4) is 0 Å². The van der Waals surface area contributed by atoms with Crippen LogP contribution in [0.5, 0.6) is 0 Å². The smallest absolute Gasteiger partial charge is 0.0776 e. The van der Waals surface area contributed by atoms with Crippen molar-refractivity contribution in [3.8, 4) is 0 Å². The Bertz CT molecular complexity index is 88.5. The lowest BCUT2D eigenvalue weighted by molar-refractivity contribution is 0.0401. The summed E-state index contributed by atoms with van der Waals surface area (Å²) in [5.41, 5.74) is 0. The minimum Gasteiger partial charge on any atom is -0.382 e. The van der Waals surface area contributed by atoms with Crippen LogP contribution in [0.15, 0.2) is 0 Å². The van der Waals surface area contributed by atoms with Gasteiger partial charge in [0.2, 0.25) is 0 Å². The molecule has 0 amide bonds. The van der Waals surface area contributed by atoms with Gasteiger partial charge in [0.15, 0.2) is 0 Å². The quantitative estimate of drug-likeness (QED) is 0.573. The standard InChI is InChI=1S/C8H18.C5H12O2/c1-3-5-7-8-6-4-2;1-5(7-3)4-6-2/h3-8H2,1-2H3;5H,4H2,1-3H3. The molecule has 0 saturated carbocycles. The van der Waals surface area contributed by atoms with Crippen LogP contribution < -0.4 is 0 Å². The number of rotatable bonds is 8. The summed E-state index contributed by atoms with van der Waals surface area (Å²) in [5, 5.41) is 0. The summed E-state index contributed by atoms with van der Waals surface area (Å²) in [5.74, 6) is 0. The van der Waals surface area contributed by atoms with E-state index in [0.29, 0.717) is 6.61 Å². The summed E-state index contributed by atoms with van der Waals surface area (Å²) in [4.78, 5) is 0. The molecule has 0 aliphatic carbocycles. The zero-order valence-corrected chi connectivity index (χ0v) is 11.3. The SMILES string of the molecule is CCCCCCCC.COCC(C)OC. The molecular weight excluding hydrogens is 188 g/mol. The molecule has 2 nitrogen and oxygen atoms in total. The maximum atomic E-state index is 4.87. The Morgan fingerprint density at radius 1 is 0.867 bits per heavy atom. The minimum atomic E-state index is 0.227. The number of ether oxygens (including phenoxy) is 2. The number of methoxy groups -OCH3 is 2. The molecule has 0 N–H and O–H groups in total. The van der Waals surface area contributed by atoms with Crippen molar-refractivity contribution in [2.75, 3.05) is 20.8 Å². The highest BCUT2D eigenvalue weighted by Crippen LogP contribution is 2.03. The molecule has 0 aromatic rings. The maximum Gasteiger partial charge on any atom is 0.0776 e. The molecule has 0 aromatic carbocycles. The zero-order valence-electron chi connectivity index (χ0n) is 11.3. The summed E-state index contributed by atoms with van der Waals surface area (Å²) >= 11 is 0. The molecule has 0 aliphatic heterocycles. The highest BCUT2D eigenvalue weighted by atomic mass is 16.5. The molecule has 0 bridgehead atoms. The van der Waals surface area contributed by atoms with Crippen LogP contribution in [-0.4, -0.2) is 26.9 Å². The van der Waals surface area contributed by atoms with E-state index in [1.54, 1.807) is 14.2 Å². The van der Waals surface area contributed by atoms with Gasteiger partial charge in [0.1, 0.15) is 0 Å². The predicted octanol–water partition coefficient (Wildman–Crippen LogP) is 4.03. The van der Waals surface area contributed by atoms with Crippen molar-refractivity contribution in [1.29, 1.82) is 0 Å². The Kier molecular flexibility index (Phi) is 18.9. The largest absolute Gasteiger partial charge is 0.382 e. The molecule has 94 valence electrons. The Morgan fingerprint density at radius 2 is 1.33 bits per heavy atom. The Morgan fingerprint density at radius 3 is 1.53 bits per heavy atom. The van der Waals surface area contributed by atoms with E-state index in [1.807, 2.05) is 6.92 Å². The zero-order chi connectivity index (χ0) is 11.9. The van der Waals surface area contributed by atoms with Crippen LogP contribution in [0.4, 0.5) is 0 Å². The molecule has 0 aromatic heterocycles. The van der Waals surface area contributed by atoms with Gasteiger partial charge in [-0.25, -0.2) is 0 Å². The first-order valence-electron chi connectivity index (χ1n) is 6.24. The molecule has 0 saturated heterocycles. The normalized spacial score (nSPS) is 11.8. The molecule has 0 aliphatic rings. The monoisotopic (exact) mass is 218 g/mol. The van der Waals surface area contributed by atoms with E-state index in [9.17, 15) is 0 Å². The van der Waals surface area contributed by atoms with E-state index in [0.717, 1.165) is 0 Å². The van der Waals surface area contributed by atoms with Crippen LogP contribution in [0.25, 0.3) is 0 Å².